The molecule has 30 heavy (non-hydrogen) atoms. The van der Waals surface area contributed by atoms with Crippen molar-refractivity contribution in [2.45, 2.75) is 18.4 Å². The molecule has 4 rings (SSSR count). The lowest BCUT2D eigenvalue weighted by molar-refractivity contribution is 0.132. The fraction of sp³-hybridized carbons (Fsp3) is 0.208. The van der Waals surface area contributed by atoms with Crippen molar-refractivity contribution >= 4 is 29.3 Å². The Labute approximate surface area is 185 Å². The van der Waals surface area contributed by atoms with E-state index in [1.807, 2.05) is 24.3 Å². The first-order valence-electron chi connectivity index (χ1n) is 9.73. The van der Waals surface area contributed by atoms with E-state index in [1.54, 1.807) is 18.2 Å². The molecule has 3 aromatic carbocycles. The van der Waals surface area contributed by atoms with E-state index in [2.05, 4.69) is 29.6 Å². The van der Waals surface area contributed by atoms with Gasteiger partial charge in [0.15, 0.2) is 0 Å². The lowest BCUT2D eigenvalue weighted by Gasteiger charge is -2.19. The molecule has 6 heteroatoms. The summed E-state index contributed by atoms with van der Waals surface area (Å²) in [5.41, 5.74) is 5.39. The molecule has 2 N–H and O–H groups in total. The average molecular weight is 442 g/mol. The van der Waals surface area contributed by atoms with Crippen LogP contribution in [-0.4, -0.2) is 30.5 Å². The molecule has 1 aliphatic rings. The van der Waals surface area contributed by atoms with Gasteiger partial charge in [0.25, 0.3) is 0 Å². The molecule has 0 heterocycles. The number of hydrogen-bond acceptors (Lipinski definition) is 3. The Morgan fingerprint density at radius 1 is 1.00 bits per heavy atom. The van der Waals surface area contributed by atoms with E-state index in [0.717, 1.165) is 16.7 Å². The van der Waals surface area contributed by atoms with E-state index < -0.39 is 12.1 Å². The second kappa shape index (κ2) is 9.09. The third kappa shape index (κ3) is 4.31. The highest BCUT2D eigenvalue weighted by molar-refractivity contribution is 6.33. The molecule has 154 valence electrons. The summed E-state index contributed by atoms with van der Waals surface area (Å²) in [5, 5.41) is 13.5. The number of carbonyl (C=O) groups excluding carboxylic acids is 1. The van der Waals surface area contributed by atoms with Gasteiger partial charge < -0.3 is 15.2 Å². The number of nitrogens with one attached hydrogen (secondary N) is 1. The number of amides is 1. The van der Waals surface area contributed by atoms with Gasteiger partial charge in [0.05, 0.1) is 12.6 Å². The second-order valence-electron chi connectivity index (χ2n) is 7.29. The first kappa shape index (κ1) is 20.7. The van der Waals surface area contributed by atoms with Crippen LogP contribution in [-0.2, 0) is 11.2 Å². The van der Waals surface area contributed by atoms with Crippen LogP contribution in [0.25, 0.3) is 11.1 Å². The molecule has 0 fully saturated rings. The zero-order valence-electron chi connectivity index (χ0n) is 16.1. The summed E-state index contributed by atoms with van der Waals surface area (Å²) in [5.74, 6) is -0.0156. The van der Waals surface area contributed by atoms with Gasteiger partial charge in [-0.2, -0.15) is 0 Å². The Hall–Kier alpha value is -2.53. The maximum atomic E-state index is 12.4. The van der Waals surface area contributed by atoms with Gasteiger partial charge in [-0.25, -0.2) is 4.79 Å². The summed E-state index contributed by atoms with van der Waals surface area (Å²) < 4.78 is 5.54. The number of rotatable bonds is 6. The van der Waals surface area contributed by atoms with Gasteiger partial charge in [0.1, 0.15) is 6.61 Å². The number of carbonyl (C=O) groups is 1. The SMILES string of the molecule is O=C(N[C@@H](CO)Cc1cc(Cl)ccc1Cl)OCC1c2ccccc2-c2ccccc21. The zero-order chi connectivity index (χ0) is 21.1. The molecule has 0 aromatic heterocycles. The minimum Gasteiger partial charge on any atom is -0.449 e. The third-order valence-corrected chi connectivity index (χ3v) is 5.96. The van der Waals surface area contributed by atoms with Crippen LogP contribution in [0.4, 0.5) is 4.79 Å². The van der Waals surface area contributed by atoms with Crippen molar-refractivity contribution in [3.05, 3.63) is 93.5 Å². The number of benzene rings is 3. The molecule has 1 atom stereocenters. The van der Waals surface area contributed by atoms with Gasteiger partial charge in [-0.15, -0.1) is 0 Å². The molecular formula is C24H21Cl2NO3. The third-order valence-electron chi connectivity index (χ3n) is 5.36. The molecule has 0 aliphatic heterocycles. The van der Waals surface area contributed by atoms with Crippen molar-refractivity contribution < 1.29 is 14.6 Å². The van der Waals surface area contributed by atoms with Crippen molar-refractivity contribution in [1.82, 2.24) is 5.32 Å². The van der Waals surface area contributed by atoms with E-state index in [0.29, 0.717) is 16.5 Å². The highest BCUT2D eigenvalue weighted by Crippen LogP contribution is 2.44. The second-order valence-corrected chi connectivity index (χ2v) is 8.13. The predicted octanol–water partition coefficient (Wildman–Crippen LogP) is 5.44. The van der Waals surface area contributed by atoms with Crippen LogP contribution >= 0.6 is 23.2 Å². The number of ether oxygens (including phenoxy) is 1. The Morgan fingerprint density at radius 2 is 1.63 bits per heavy atom. The van der Waals surface area contributed by atoms with Crippen LogP contribution in [0.15, 0.2) is 66.7 Å². The molecule has 4 nitrogen and oxygen atoms in total. The topological polar surface area (TPSA) is 58.6 Å². The van der Waals surface area contributed by atoms with Crippen molar-refractivity contribution in [2.75, 3.05) is 13.2 Å². The number of alkyl carbamates (subject to hydrolysis) is 1. The fourth-order valence-corrected chi connectivity index (χ4v) is 4.32. The van der Waals surface area contributed by atoms with Gasteiger partial charge in [-0.1, -0.05) is 71.7 Å². The van der Waals surface area contributed by atoms with Crippen LogP contribution in [0.2, 0.25) is 10.0 Å². The first-order valence-corrected chi connectivity index (χ1v) is 10.5. The standard InChI is InChI=1S/C24H21Cl2NO3/c25-16-9-10-23(26)15(11-16)12-17(13-28)27-24(29)30-14-22-20-7-3-1-5-18(20)19-6-2-4-8-21(19)22/h1-11,17,22,28H,12-14H2,(H,27,29)/t17-/m1/s1. The first-order chi connectivity index (χ1) is 14.6. The average Bonchev–Trinajstić information content (AvgIpc) is 3.08. The molecule has 0 unspecified atom stereocenters. The monoisotopic (exact) mass is 441 g/mol. The fourth-order valence-electron chi connectivity index (χ4n) is 3.93. The quantitative estimate of drug-likeness (QED) is 0.535. The Kier molecular flexibility index (Phi) is 6.28. The van der Waals surface area contributed by atoms with Crippen LogP contribution in [0.5, 0.6) is 0 Å². The van der Waals surface area contributed by atoms with Crippen LogP contribution in [0.3, 0.4) is 0 Å². The summed E-state index contributed by atoms with van der Waals surface area (Å²) >= 11 is 12.2. The molecule has 3 aromatic rings. The maximum absolute atomic E-state index is 12.4. The van der Waals surface area contributed by atoms with Crippen molar-refractivity contribution in [1.29, 1.82) is 0 Å². The van der Waals surface area contributed by atoms with Crippen LogP contribution < -0.4 is 5.32 Å². The highest BCUT2D eigenvalue weighted by Gasteiger charge is 2.29. The number of aliphatic hydroxyl groups excluding tert-OH is 1. The van der Waals surface area contributed by atoms with E-state index in [-0.39, 0.29) is 19.1 Å². The zero-order valence-corrected chi connectivity index (χ0v) is 17.7. The van der Waals surface area contributed by atoms with Gasteiger partial charge >= 0.3 is 6.09 Å². The smallest absolute Gasteiger partial charge is 0.407 e. The normalized spacial score (nSPS) is 13.4. The molecule has 0 saturated carbocycles. The Bertz CT molecular complexity index is 1020. The lowest BCUT2D eigenvalue weighted by Crippen LogP contribution is -2.39. The summed E-state index contributed by atoms with van der Waals surface area (Å²) in [7, 11) is 0. The number of hydrogen-bond donors (Lipinski definition) is 2. The minimum atomic E-state index is -0.575. The van der Waals surface area contributed by atoms with E-state index in [9.17, 15) is 9.90 Å². The lowest BCUT2D eigenvalue weighted by atomic mass is 9.98. The number of fused-ring (bicyclic) bond motifs is 3. The minimum absolute atomic E-state index is 0.0156. The molecule has 1 amide bonds. The van der Waals surface area contributed by atoms with Crippen molar-refractivity contribution in [2.24, 2.45) is 0 Å². The Balaban J connectivity index is 1.41. The van der Waals surface area contributed by atoms with Gasteiger partial charge in [0, 0.05) is 16.0 Å². The van der Waals surface area contributed by atoms with Crippen LogP contribution in [0.1, 0.15) is 22.6 Å². The van der Waals surface area contributed by atoms with Crippen molar-refractivity contribution in [3.8, 4) is 11.1 Å². The molecule has 0 bridgehead atoms. The van der Waals surface area contributed by atoms with Gasteiger partial charge in [-0.3, -0.25) is 0 Å². The summed E-state index contributed by atoms with van der Waals surface area (Å²) in [4.78, 5) is 12.4. The van der Waals surface area contributed by atoms with E-state index >= 15 is 0 Å². The molecule has 1 aliphatic carbocycles. The molecule has 0 spiro atoms. The van der Waals surface area contributed by atoms with E-state index in [1.165, 1.54) is 11.1 Å². The van der Waals surface area contributed by atoms with Gasteiger partial charge in [0.2, 0.25) is 0 Å². The largest absolute Gasteiger partial charge is 0.449 e. The van der Waals surface area contributed by atoms with Gasteiger partial charge in [-0.05, 0) is 52.4 Å². The maximum Gasteiger partial charge on any atom is 0.407 e. The Morgan fingerprint density at radius 3 is 2.27 bits per heavy atom. The molecule has 0 radical (unpaired) electrons. The van der Waals surface area contributed by atoms with Crippen molar-refractivity contribution in [3.63, 3.8) is 0 Å². The van der Waals surface area contributed by atoms with Crippen LogP contribution in [0, 0.1) is 0 Å². The summed E-state index contributed by atoms with van der Waals surface area (Å²) in [6.45, 7) is -0.0248. The highest BCUT2D eigenvalue weighted by atomic mass is 35.5. The number of halogens is 2. The molecule has 0 saturated heterocycles. The van der Waals surface area contributed by atoms with E-state index in [4.69, 9.17) is 27.9 Å². The predicted molar refractivity (Wildman–Crippen MR) is 119 cm³/mol. The summed E-state index contributed by atoms with van der Waals surface area (Å²) in [6.07, 6.45) is -0.228. The number of aliphatic hydroxyl groups is 1. The summed E-state index contributed by atoms with van der Waals surface area (Å²) in [6, 6.07) is 20.9. The molecular weight excluding hydrogens is 421 g/mol.